The Morgan fingerprint density at radius 3 is 3.08 bits per heavy atom. The number of carbonyl (C=O) groups is 1. The van der Waals surface area contributed by atoms with Gasteiger partial charge in [-0.1, -0.05) is 6.07 Å². The zero-order valence-corrected chi connectivity index (χ0v) is 7.82. The maximum Gasteiger partial charge on any atom is 0.215 e. The molecule has 1 aromatic rings. The van der Waals surface area contributed by atoms with E-state index >= 15 is 0 Å². The lowest BCUT2D eigenvalue weighted by Crippen LogP contribution is -2.27. The highest BCUT2D eigenvalue weighted by atomic mass is 32.2. The smallest absolute Gasteiger partial charge is 0.215 e. The summed E-state index contributed by atoms with van der Waals surface area (Å²) in [5.74, 6) is -0.302. The highest BCUT2D eigenvalue weighted by Crippen LogP contribution is 2.35. The van der Waals surface area contributed by atoms with Crippen molar-refractivity contribution in [1.29, 1.82) is 0 Å². The predicted molar refractivity (Wildman–Crippen MR) is 50.3 cm³/mol. The molecule has 0 amide bonds. The fourth-order valence-electron chi connectivity index (χ4n) is 1.20. The number of para-hydroxylation sites is 1. The van der Waals surface area contributed by atoms with Gasteiger partial charge in [0, 0.05) is 4.90 Å². The summed E-state index contributed by atoms with van der Waals surface area (Å²) in [5, 5.41) is 2.86. The van der Waals surface area contributed by atoms with Gasteiger partial charge in [-0.25, -0.2) is 4.39 Å². The van der Waals surface area contributed by atoms with Crippen molar-refractivity contribution in [2.75, 3.05) is 5.32 Å². The molecule has 2 nitrogen and oxygen atoms in total. The number of rotatable bonds is 0. The molecule has 1 heterocycles. The van der Waals surface area contributed by atoms with Crippen molar-refractivity contribution in [3.05, 3.63) is 24.0 Å². The molecule has 2 rings (SSSR count). The first kappa shape index (κ1) is 8.56. The molecule has 1 N–H and O–H groups in total. The number of halogens is 1. The molecule has 0 fully saturated rings. The molecule has 68 valence electrons. The van der Waals surface area contributed by atoms with E-state index < -0.39 is 0 Å². The average molecular weight is 197 g/mol. The van der Waals surface area contributed by atoms with E-state index in [0.717, 1.165) is 11.8 Å². The molecule has 0 aliphatic carbocycles. The molecule has 4 heteroatoms. The van der Waals surface area contributed by atoms with Gasteiger partial charge in [0.25, 0.3) is 0 Å². The number of thioether (sulfide) groups is 1. The summed E-state index contributed by atoms with van der Waals surface area (Å²) in [4.78, 5) is 11.9. The van der Waals surface area contributed by atoms with Crippen LogP contribution in [-0.2, 0) is 4.79 Å². The van der Waals surface area contributed by atoms with Crippen LogP contribution in [0, 0.1) is 5.82 Å². The topological polar surface area (TPSA) is 29.1 Å². The fraction of sp³-hybridized carbons (Fsp3) is 0.222. The third kappa shape index (κ3) is 1.42. The van der Waals surface area contributed by atoms with E-state index in [2.05, 4.69) is 5.32 Å². The van der Waals surface area contributed by atoms with E-state index in [1.54, 1.807) is 19.1 Å². The van der Waals surface area contributed by atoms with Gasteiger partial charge in [-0.05, 0) is 30.8 Å². The lowest BCUT2D eigenvalue weighted by atomic mass is 10.2. The predicted octanol–water partition coefficient (Wildman–Crippen LogP) is 2.26. The fourth-order valence-corrected chi connectivity index (χ4v) is 2.06. The van der Waals surface area contributed by atoms with Crippen LogP contribution in [-0.4, -0.2) is 11.2 Å². The highest BCUT2D eigenvalue weighted by Gasteiger charge is 2.24. The summed E-state index contributed by atoms with van der Waals surface area (Å²) in [6.07, 6.45) is 0. The second-order valence-corrected chi connectivity index (χ2v) is 3.95. The van der Waals surface area contributed by atoms with Crippen LogP contribution in [0.4, 0.5) is 10.1 Å². The molecule has 0 radical (unpaired) electrons. The molecule has 1 atom stereocenters. The number of fused-ring (bicyclic) bond motifs is 1. The van der Waals surface area contributed by atoms with Crippen molar-refractivity contribution >= 4 is 22.6 Å². The number of anilines is 1. The number of benzene rings is 1. The molecular weight excluding hydrogens is 189 g/mol. The molecule has 0 aromatic heterocycles. The monoisotopic (exact) mass is 197 g/mol. The Morgan fingerprint density at radius 1 is 1.54 bits per heavy atom. The average Bonchev–Trinajstić information content (AvgIpc) is 2.09. The van der Waals surface area contributed by atoms with Crippen LogP contribution in [0.2, 0.25) is 0 Å². The summed E-state index contributed by atoms with van der Waals surface area (Å²) in [7, 11) is 0. The Morgan fingerprint density at radius 2 is 2.31 bits per heavy atom. The van der Waals surface area contributed by atoms with Crippen LogP contribution in [0.5, 0.6) is 0 Å². The molecule has 0 saturated heterocycles. The van der Waals surface area contributed by atoms with E-state index in [1.807, 2.05) is 0 Å². The Balaban J connectivity index is 2.48. The standard InChI is InChI=1S/C9H8FNOS/c1-5-9(12)13-7-4-2-3-6(10)8(7)11-5/h2-5,11H,1H3. The Kier molecular flexibility index (Phi) is 2.00. The van der Waals surface area contributed by atoms with Crippen LogP contribution in [0.3, 0.4) is 0 Å². The maximum atomic E-state index is 13.2. The molecule has 1 aromatic carbocycles. The lowest BCUT2D eigenvalue weighted by molar-refractivity contribution is -0.111. The third-order valence-corrected chi connectivity index (χ3v) is 3.02. The van der Waals surface area contributed by atoms with Gasteiger partial charge < -0.3 is 5.32 Å². The van der Waals surface area contributed by atoms with Crippen LogP contribution >= 0.6 is 11.8 Å². The summed E-state index contributed by atoms with van der Waals surface area (Å²) < 4.78 is 13.2. The van der Waals surface area contributed by atoms with E-state index in [9.17, 15) is 9.18 Å². The van der Waals surface area contributed by atoms with Gasteiger partial charge in [-0.3, -0.25) is 4.79 Å². The van der Waals surface area contributed by atoms with E-state index in [-0.39, 0.29) is 17.0 Å². The minimum atomic E-state index is -0.311. The number of hydrogen-bond acceptors (Lipinski definition) is 3. The Hall–Kier alpha value is -1.03. The van der Waals surface area contributed by atoms with Crippen LogP contribution in [0.1, 0.15) is 6.92 Å². The molecule has 0 spiro atoms. The van der Waals surface area contributed by atoms with Crippen molar-refractivity contribution in [2.24, 2.45) is 0 Å². The van der Waals surface area contributed by atoms with Gasteiger partial charge in [0.05, 0.1) is 11.7 Å². The minimum Gasteiger partial charge on any atom is -0.371 e. The van der Waals surface area contributed by atoms with Crippen molar-refractivity contribution in [3.63, 3.8) is 0 Å². The highest BCUT2D eigenvalue weighted by molar-refractivity contribution is 8.14. The van der Waals surface area contributed by atoms with Gasteiger partial charge in [-0.15, -0.1) is 0 Å². The van der Waals surface area contributed by atoms with Gasteiger partial charge in [0.1, 0.15) is 5.82 Å². The molecular formula is C9H8FNOS. The second kappa shape index (κ2) is 3.03. The van der Waals surface area contributed by atoms with E-state index in [0.29, 0.717) is 10.6 Å². The molecule has 13 heavy (non-hydrogen) atoms. The summed E-state index contributed by atoms with van der Waals surface area (Å²) in [6, 6.07) is 4.41. The van der Waals surface area contributed by atoms with Crippen LogP contribution in [0.25, 0.3) is 0 Å². The first-order valence-corrected chi connectivity index (χ1v) is 4.77. The Labute approximate surface area is 79.5 Å². The van der Waals surface area contributed by atoms with Crippen LogP contribution in [0.15, 0.2) is 23.1 Å². The van der Waals surface area contributed by atoms with Gasteiger partial charge >= 0.3 is 0 Å². The first-order chi connectivity index (χ1) is 6.18. The van der Waals surface area contributed by atoms with Crippen molar-refractivity contribution < 1.29 is 9.18 Å². The SMILES string of the molecule is CC1Nc2c(F)cccc2SC1=O. The van der Waals surface area contributed by atoms with Gasteiger partial charge in [0.2, 0.25) is 5.12 Å². The molecule has 1 aliphatic rings. The molecule has 0 bridgehead atoms. The normalized spacial score (nSPS) is 20.8. The zero-order chi connectivity index (χ0) is 9.42. The van der Waals surface area contributed by atoms with Gasteiger partial charge in [-0.2, -0.15) is 0 Å². The number of hydrogen-bond donors (Lipinski definition) is 1. The quantitative estimate of drug-likeness (QED) is 0.691. The lowest BCUT2D eigenvalue weighted by Gasteiger charge is -2.22. The molecule has 0 saturated carbocycles. The van der Waals surface area contributed by atoms with Crippen LogP contribution < -0.4 is 5.32 Å². The Bertz CT molecular complexity index is 367. The van der Waals surface area contributed by atoms with Crippen molar-refractivity contribution in [1.82, 2.24) is 0 Å². The minimum absolute atomic E-state index is 0.0260. The van der Waals surface area contributed by atoms with E-state index in [1.165, 1.54) is 6.07 Å². The number of carbonyl (C=O) groups excluding carboxylic acids is 1. The summed E-state index contributed by atoms with van der Waals surface area (Å²) in [6.45, 7) is 1.73. The first-order valence-electron chi connectivity index (χ1n) is 3.95. The summed E-state index contributed by atoms with van der Waals surface area (Å²) in [5.41, 5.74) is 0.444. The number of nitrogens with one attached hydrogen (secondary N) is 1. The summed E-state index contributed by atoms with van der Waals surface area (Å²) >= 11 is 1.09. The van der Waals surface area contributed by atoms with Crippen molar-refractivity contribution in [3.8, 4) is 0 Å². The van der Waals surface area contributed by atoms with Crippen molar-refractivity contribution in [2.45, 2.75) is 17.9 Å². The molecule has 1 unspecified atom stereocenters. The molecule has 1 aliphatic heterocycles. The largest absolute Gasteiger partial charge is 0.371 e. The maximum absolute atomic E-state index is 13.2. The third-order valence-electron chi connectivity index (χ3n) is 1.90. The van der Waals surface area contributed by atoms with E-state index in [4.69, 9.17) is 0 Å². The second-order valence-electron chi connectivity index (χ2n) is 2.90. The zero-order valence-electron chi connectivity index (χ0n) is 7.00. The van der Waals surface area contributed by atoms with Gasteiger partial charge in [0.15, 0.2) is 0 Å².